The molecule has 6 heteroatoms. The predicted molar refractivity (Wildman–Crippen MR) is 73.7 cm³/mol. The summed E-state index contributed by atoms with van der Waals surface area (Å²) in [6.07, 6.45) is 1.73. The highest BCUT2D eigenvalue weighted by atomic mass is 35.5. The predicted octanol–water partition coefficient (Wildman–Crippen LogP) is 4.24. The molecule has 0 fully saturated rings. The summed E-state index contributed by atoms with van der Waals surface area (Å²) >= 11 is 12.9. The van der Waals surface area contributed by atoms with E-state index >= 15 is 0 Å². The molecule has 0 aliphatic rings. The SMILES string of the molecule is Cn1c(CCl)cnc1SCc1ccc(Cl)cc1F. The summed E-state index contributed by atoms with van der Waals surface area (Å²) < 4.78 is 15.5. The third-order valence-corrected chi connectivity index (χ3v) is 4.15. The minimum atomic E-state index is -0.290. The zero-order valence-corrected chi connectivity index (χ0v) is 12.0. The Kier molecular flexibility index (Phi) is 4.54. The first-order valence-electron chi connectivity index (χ1n) is 5.25. The molecule has 2 nitrogen and oxygen atoms in total. The summed E-state index contributed by atoms with van der Waals surface area (Å²) in [7, 11) is 1.89. The van der Waals surface area contributed by atoms with Gasteiger partial charge in [-0.25, -0.2) is 9.37 Å². The maximum Gasteiger partial charge on any atom is 0.168 e. The standard InChI is InChI=1S/C12H11Cl2FN2S/c1-17-10(5-13)6-16-12(17)18-7-8-2-3-9(14)4-11(8)15/h2-4,6H,5,7H2,1H3. The van der Waals surface area contributed by atoms with Crippen LogP contribution >= 0.6 is 35.0 Å². The Hall–Kier alpha value is -0.710. The molecule has 1 heterocycles. The number of rotatable bonds is 4. The van der Waals surface area contributed by atoms with Crippen molar-refractivity contribution in [3.8, 4) is 0 Å². The minimum absolute atomic E-state index is 0.290. The number of nitrogens with zero attached hydrogens (tertiary/aromatic N) is 2. The smallest absolute Gasteiger partial charge is 0.168 e. The van der Waals surface area contributed by atoms with E-state index in [0.29, 0.717) is 22.2 Å². The van der Waals surface area contributed by atoms with E-state index in [4.69, 9.17) is 23.2 Å². The van der Waals surface area contributed by atoms with Gasteiger partial charge in [0.15, 0.2) is 5.16 Å². The van der Waals surface area contributed by atoms with Crippen LogP contribution < -0.4 is 0 Å². The van der Waals surface area contributed by atoms with E-state index in [-0.39, 0.29) is 5.82 Å². The van der Waals surface area contributed by atoms with Crippen molar-refractivity contribution in [3.63, 3.8) is 0 Å². The number of alkyl halides is 1. The van der Waals surface area contributed by atoms with Gasteiger partial charge in [-0.05, 0) is 17.7 Å². The molecule has 0 atom stereocenters. The monoisotopic (exact) mass is 304 g/mol. The Balaban J connectivity index is 2.09. The van der Waals surface area contributed by atoms with Crippen LogP contribution in [0.15, 0.2) is 29.6 Å². The fourth-order valence-corrected chi connectivity index (χ4v) is 2.83. The summed E-state index contributed by atoms with van der Waals surface area (Å²) in [5.41, 5.74) is 1.55. The van der Waals surface area contributed by atoms with Crippen molar-refractivity contribution in [2.75, 3.05) is 0 Å². The minimum Gasteiger partial charge on any atom is -0.325 e. The molecule has 1 aromatic heterocycles. The number of hydrogen-bond acceptors (Lipinski definition) is 2. The molecule has 96 valence electrons. The third-order valence-electron chi connectivity index (χ3n) is 2.55. The van der Waals surface area contributed by atoms with Gasteiger partial charge in [0.25, 0.3) is 0 Å². The van der Waals surface area contributed by atoms with E-state index in [1.165, 1.54) is 17.8 Å². The van der Waals surface area contributed by atoms with Gasteiger partial charge in [0, 0.05) is 17.8 Å². The molecule has 0 aliphatic carbocycles. The lowest BCUT2D eigenvalue weighted by Gasteiger charge is -2.05. The van der Waals surface area contributed by atoms with Gasteiger partial charge >= 0.3 is 0 Å². The van der Waals surface area contributed by atoms with Gasteiger partial charge in [-0.2, -0.15) is 0 Å². The summed E-state index contributed by atoms with van der Waals surface area (Å²) in [4.78, 5) is 4.24. The van der Waals surface area contributed by atoms with Crippen molar-refractivity contribution in [2.45, 2.75) is 16.8 Å². The van der Waals surface area contributed by atoms with Gasteiger partial charge in [0.1, 0.15) is 5.82 Å². The first-order chi connectivity index (χ1) is 8.61. The Labute approximate surface area is 119 Å². The number of benzene rings is 1. The molecule has 18 heavy (non-hydrogen) atoms. The maximum atomic E-state index is 13.6. The summed E-state index contributed by atoms with van der Waals surface area (Å²) in [5.74, 6) is 0.636. The lowest BCUT2D eigenvalue weighted by Crippen LogP contribution is -1.96. The van der Waals surface area contributed by atoms with Crippen LogP contribution in [0.5, 0.6) is 0 Å². The fourth-order valence-electron chi connectivity index (χ4n) is 1.47. The van der Waals surface area contributed by atoms with Crippen molar-refractivity contribution in [3.05, 3.63) is 46.5 Å². The van der Waals surface area contributed by atoms with Crippen LogP contribution in [0.1, 0.15) is 11.3 Å². The number of aromatic nitrogens is 2. The molecule has 0 radical (unpaired) electrons. The average Bonchev–Trinajstić information content (AvgIpc) is 2.69. The summed E-state index contributed by atoms with van der Waals surface area (Å²) in [5, 5.41) is 1.22. The Morgan fingerprint density at radius 3 is 2.83 bits per heavy atom. The van der Waals surface area contributed by atoms with Gasteiger partial charge in [-0.15, -0.1) is 11.6 Å². The molecule has 0 unspecified atom stereocenters. The van der Waals surface area contributed by atoms with Crippen LogP contribution in [0.4, 0.5) is 4.39 Å². The van der Waals surface area contributed by atoms with Gasteiger partial charge in [0.05, 0.1) is 17.8 Å². The van der Waals surface area contributed by atoms with Crippen molar-refractivity contribution in [2.24, 2.45) is 7.05 Å². The zero-order chi connectivity index (χ0) is 13.1. The van der Waals surface area contributed by atoms with Crippen LogP contribution in [0, 0.1) is 5.82 Å². The molecule has 1 aromatic carbocycles. The van der Waals surface area contributed by atoms with Crippen LogP contribution in [0.2, 0.25) is 5.02 Å². The molecule has 0 amide bonds. The lowest BCUT2D eigenvalue weighted by atomic mass is 10.2. The molecule has 0 aliphatic heterocycles. The van der Waals surface area contributed by atoms with E-state index in [1.54, 1.807) is 18.3 Å². The quantitative estimate of drug-likeness (QED) is 0.621. The van der Waals surface area contributed by atoms with Crippen LogP contribution in [-0.2, 0) is 18.7 Å². The molecule has 0 N–H and O–H groups in total. The third kappa shape index (κ3) is 2.99. The maximum absolute atomic E-state index is 13.6. The van der Waals surface area contributed by atoms with Crippen molar-refractivity contribution >= 4 is 35.0 Å². The second-order valence-electron chi connectivity index (χ2n) is 3.75. The molecule has 0 saturated carbocycles. The molecule has 0 saturated heterocycles. The largest absolute Gasteiger partial charge is 0.325 e. The van der Waals surface area contributed by atoms with Gasteiger partial charge in [-0.3, -0.25) is 0 Å². The number of imidazole rings is 1. The van der Waals surface area contributed by atoms with E-state index in [1.807, 2.05) is 11.6 Å². The van der Waals surface area contributed by atoms with Gasteiger partial charge < -0.3 is 4.57 Å². The van der Waals surface area contributed by atoms with E-state index in [9.17, 15) is 4.39 Å². The highest BCUT2D eigenvalue weighted by Gasteiger charge is 2.08. The zero-order valence-electron chi connectivity index (χ0n) is 9.66. The molecular weight excluding hydrogens is 294 g/mol. The average molecular weight is 305 g/mol. The summed E-state index contributed by atoms with van der Waals surface area (Å²) in [6, 6.07) is 4.69. The Morgan fingerprint density at radius 1 is 1.44 bits per heavy atom. The van der Waals surface area contributed by atoms with Crippen LogP contribution in [0.3, 0.4) is 0 Å². The van der Waals surface area contributed by atoms with E-state index in [0.717, 1.165) is 10.9 Å². The van der Waals surface area contributed by atoms with Gasteiger partial charge in [0.2, 0.25) is 0 Å². The number of hydrogen-bond donors (Lipinski definition) is 0. The fraction of sp³-hybridized carbons (Fsp3) is 0.250. The Morgan fingerprint density at radius 2 is 2.22 bits per heavy atom. The van der Waals surface area contributed by atoms with Crippen molar-refractivity contribution < 1.29 is 4.39 Å². The Bertz CT molecular complexity index is 557. The van der Waals surface area contributed by atoms with E-state index < -0.39 is 0 Å². The van der Waals surface area contributed by atoms with Crippen molar-refractivity contribution in [1.29, 1.82) is 0 Å². The first-order valence-corrected chi connectivity index (χ1v) is 7.15. The van der Waals surface area contributed by atoms with E-state index in [2.05, 4.69) is 4.98 Å². The first kappa shape index (κ1) is 13.7. The second kappa shape index (κ2) is 5.95. The highest BCUT2D eigenvalue weighted by molar-refractivity contribution is 7.98. The molecular formula is C12H11Cl2FN2S. The molecule has 2 aromatic rings. The normalized spacial score (nSPS) is 10.9. The second-order valence-corrected chi connectivity index (χ2v) is 5.40. The number of halogens is 3. The topological polar surface area (TPSA) is 17.8 Å². The van der Waals surface area contributed by atoms with Crippen molar-refractivity contribution in [1.82, 2.24) is 9.55 Å². The lowest BCUT2D eigenvalue weighted by molar-refractivity contribution is 0.617. The number of thioether (sulfide) groups is 1. The van der Waals surface area contributed by atoms with Crippen LogP contribution in [0.25, 0.3) is 0 Å². The molecule has 0 spiro atoms. The molecule has 0 bridgehead atoms. The highest BCUT2D eigenvalue weighted by Crippen LogP contribution is 2.25. The van der Waals surface area contributed by atoms with Gasteiger partial charge in [-0.1, -0.05) is 29.4 Å². The van der Waals surface area contributed by atoms with Crippen LogP contribution in [-0.4, -0.2) is 9.55 Å². The summed E-state index contributed by atoms with van der Waals surface area (Å²) in [6.45, 7) is 0. The molecule has 2 rings (SSSR count).